The van der Waals surface area contributed by atoms with Crippen LogP contribution in [0.25, 0.3) is 0 Å². The van der Waals surface area contributed by atoms with E-state index in [-0.39, 0.29) is 0 Å². The molecule has 76 valence electrons. The molecule has 0 saturated heterocycles. The Morgan fingerprint density at radius 3 is 2.40 bits per heavy atom. The minimum absolute atomic E-state index is 0.646. The number of methoxy groups -OCH3 is 1. The molecule has 0 atom stereocenters. The van der Waals surface area contributed by atoms with Gasteiger partial charge in [-0.2, -0.15) is 0 Å². The van der Waals surface area contributed by atoms with Crippen LogP contribution in [0.1, 0.15) is 0 Å². The molecule has 2 nitrogen and oxygen atoms in total. The maximum absolute atomic E-state index is 5.00. The van der Waals surface area contributed by atoms with E-state index < -0.39 is 0 Å². The second-order valence-corrected chi connectivity index (χ2v) is 4.10. The molecule has 0 spiro atoms. The fraction of sp³-hybridized carbons (Fsp3) is 0.0833. The summed E-state index contributed by atoms with van der Waals surface area (Å²) in [5, 5.41) is 0. The quantitative estimate of drug-likeness (QED) is 0.788. The molecule has 0 unspecified atom stereocenters. The third-order valence-electron chi connectivity index (χ3n) is 1.90. The molecule has 0 radical (unpaired) electrons. The van der Waals surface area contributed by atoms with Crippen molar-refractivity contribution in [3.05, 3.63) is 48.7 Å². The van der Waals surface area contributed by atoms with E-state index >= 15 is 0 Å². The van der Waals surface area contributed by atoms with Crippen molar-refractivity contribution in [1.82, 2.24) is 4.98 Å². The normalized spacial score (nSPS) is 9.93. The zero-order valence-corrected chi connectivity index (χ0v) is 9.20. The van der Waals surface area contributed by atoms with E-state index in [1.807, 2.05) is 36.5 Å². The van der Waals surface area contributed by atoms with Gasteiger partial charge < -0.3 is 4.74 Å². The molecule has 0 saturated carbocycles. The van der Waals surface area contributed by atoms with Gasteiger partial charge in [0.2, 0.25) is 5.88 Å². The van der Waals surface area contributed by atoms with Crippen molar-refractivity contribution in [2.45, 2.75) is 9.79 Å². The number of pyridine rings is 1. The smallest absolute Gasteiger partial charge is 0.212 e. The molecule has 0 aliphatic rings. The number of nitrogens with zero attached hydrogens (tertiary/aromatic N) is 1. The highest BCUT2D eigenvalue weighted by atomic mass is 32.2. The van der Waals surface area contributed by atoms with Crippen molar-refractivity contribution in [1.29, 1.82) is 0 Å². The van der Waals surface area contributed by atoms with E-state index in [9.17, 15) is 0 Å². The van der Waals surface area contributed by atoms with E-state index in [2.05, 4.69) is 17.1 Å². The molecule has 2 rings (SSSR count). The number of benzene rings is 1. The molecule has 15 heavy (non-hydrogen) atoms. The molecular weight excluding hydrogens is 206 g/mol. The maximum Gasteiger partial charge on any atom is 0.212 e. The monoisotopic (exact) mass is 217 g/mol. The van der Waals surface area contributed by atoms with Gasteiger partial charge >= 0.3 is 0 Å². The second-order valence-electron chi connectivity index (χ2n) is 2.95. The van der Waals surface area contributed by atoms with Gasteiger partial charge in [-0.15, -0.1) is 0 Å². The van der Waals surface area contributed by atoms with Crippen molar-refractivity contribution in [3.8, 4) is 5.88 Å². The van der Waals surface area contributed by atoms with Gasteiger partial charge in [-0.05, 0) is 18.2 Å². The van der Waals surface area contributed by atoms with Crippen LogP contribution in [0.15, 0.2) is 58.5 Å². The topological polar surface area (TPSA) is 22.1 Å². The SMILES string of the molecule is COc1ccc(Sc2ccccc2)cn1. The van der Waals surface area contributed by atoms with Crippen LogP contribution < -0.4 is 4.74 Å². The summed E-state index contributed by atoms with van der Waals surface area (Å²) in [5.74, 6) is 0.646. The summed E-state index contributed by atoms with van der Waals surface area (Å²) in [5.41, 5.74) is 0. The lowest BCUT2D eigenvalue weighted by molar-refractivity contribution is 0.397. The van der Waals surface area contributed by atoms with E-state index in [1.54, 1.807) is 18.9 Å². The lowest BCUT2D eigenvalue weighted by Gasteiger charge is -2.02. The summed E-state index contributed by atoms with van der Waals surface area (Å²) < 4.78 is 5.00. The second kappa shape index (κ2) is 4.84. The van der Waals surface area contributed by atoms with Crippen molar-refractivity contribution in [3.63, 3.8) is 0 Å². The van der Waals surface area contributed by atoms with Crippen molar-refractivity contribution in [2.24, 2.45) is 0 Å². The Hall–Kier alpha value is -1.48. The van der Waals surface area contributed by atoms with Gasteiger partial charge in [0.25, 0.3) is 0 Å². The molecule has 0 aliphatic carbocycles. The number of hydrogen-bond donors (Lipinski definition) is 0. The number of hydrogen-bond acceptors (Lipinski definition) is 3. The number of rotatable bonds is 3. The van der Waals surface area contributed by atoms with Crippen LogP contribution in [0, 0.1) is 0 Å². The fourth-order valence-corrected chi connectivity index (χ4v) is 1.98. The third-order valence-corrected chi connectivity index (χ3v) is 2.88. The van der Waals surface area contributed by atoms with Gasteiger partial charge in [0.15, 0.2) is 0 Å². The molecule has 0 bridgehead atoms. The van der Waals surface area contributed by atoms with Crippen LogP contribution in [0.4, 0.5) is 0 Å². The molecule has 0 amide bonds. The molecule has 1 aromatic heterocycles. The Morgan fingerprint density at radius 2 is 1.80 bits per heavy atom. The highest BCUT2D eigenvalue weighted by Gasteiger charge is 1.97. The summed E-state index contributed by atoms with van der Waals surface area (Å²) in [7, 11) is 1.62. The van der Waals surface area contributed by atoms with Crippen LogP contribution in [0.3, 0.4) is 0 Å². The first-order chi connectivity index (χ1) is 7.38. The van der Waals surface area contributed by atoms with E-state index in [4.69, 9.17) is 4.74 Å². The zero-order valence-electron chi connectivity index (χ0n) is 8.38. The minimum Gasteiger partial charge on any atom is -0.481 e. The average Bonchev–Trinajstić information content (AvgIpc) is 2.31. The Bertz CT molecular complexity index is 413. The molecule has 3 heteroatoms. The van der Waals surface area contributed by atoms with Gasteiger partial charge in [0, 0.05) is 22.1 Å². The van der Waals surface area contributed by atoms with Crippen LogP contribution in [0.2, 0.25) is 0 Å². The summed E-state index contributed by atoms with van der Waals surface area (Å²) in [6, 6.07) is 14.1. The first-order valence-corrected chi connectivity index (χ1v) is 5.43. The number of aromatic nitrogens is 1. The summed E-state index contributed by atoms with van der Waals surface area (Å²) in [4.78, 5) is 6.48. The zero-order chi connectivity index (χ0) is 10.5. The summed E-state index contributed by atoms with van der Waals surface area (Å²) in [6.07, 6.45) is 1.82. The number of ether oxygens (including phenoxy) is 1. The van der Waals surface area contributed by atoms with Crippen molar-refractivity contribution < 1.29 is 4.74 Å². The highest BCUT2D eigenvalue weighted by molar-refractivity contribution is 7.99. The Balaban J connectivity index is 2.11. The van der Waals surface area contributed by atoms with Gasteiger partial charge in [0.1, 0.15) is 0 Å². The minimum atomic E-state index is 0.646. The van der Waals surface area contributed by atoms with Crippen LogP contribution in [0.5, 0.6) is 5.88 Å². The molecule has 2 aromatic rings. The van der Waals surface area contributed by atoms with Crippen LogP contribution in [-0.2, 0) is 0 Å². The van der Waals surface area contributed by atoms with E-state index in [1.165, 1.54) is 4.90 Å². The summed E-state index contributed by atoms with van der Waals surface area (Å²) in [6.45, 7) is 0. The molecule has 1 heterocycles. The molecule has 0 aliphatic heterocycles. The van der Waals surface area contributed by atoms with Crippen LogP contribution in [-0.4, -0.2) is 12.1 Å². The van der Waals surface area contributed by atoms with E-state index in [0.29, 0.717) is 5.88 Å². The van der Waals surface area contributed by atoms with Crippen molar-refractivity contribution >= 4 is 11.8 Å². The highest BCUT2D eigenvalue weighted by Crippen LogP contribution is 2.27. The molecule has 1 aromatic carbocycles. The molecular formula is C12H11NOS. The first kappa shape index (κ1) is 10.1. The maximum atomic E-state index is 5.00. The molecule has 0 fully saturated rings. The Morgan fingerprint density at radius 1 is 1.00 bits per heavy atom. The summed E-state index contributed by atoms with van der Waals surface area (Å²) >= 11 is 1.69. The van der Waals surface area contributed by atoms with Gasteiger partial charge in [-0.1, -0.05) is 30.0 Å². The third kappa shape index (κ3) is 2.73. The van der Waals surface area contributed by atoms with E-state index in [0.717, 1.165) is 4.90 Å². The standard InChI is InChI=1S/C12H11NOS/c1-14-12-8-7-11(9-13-12)15-10-5-3-2-4-6-10/h2-9H,1H3. The van der Waals surface area contributed by atoms with Crippen LogP contribution >= 0.6 is 11.8 Å². The van der Waals surface area contributed by atoms with Gasteiger partial charge in [0.05, 0.1) is 7.11 Å². The lowest BCUT2D eigenvalue weighted by atomic mass is 10.4. The Kier molecular flexibility index (Phi) is 3.25. The molecule has 0 N–H and O–H groups in total. The largest absolute Gasteiger partial charge is 0.481 e. The van der Waals surface area contributed by atoms with Gasteiger partial charge in [-0.3, -0.25) is 0 Å². The fourth-order valence-electron chi connectivity index (χ4n) is 1.17. The predicted octanol–water partition coefficient (Wildman–Crippen LogP) is 3.24. The average molecular weight is 217 g/mol. The predicted molar refractivity (Wildman–Crippen MR) is 61.4 cm³/mol. The van der Waals surface area contributed by atoms with Gasteiger partial charge in [-0.25, -0.2) is 4.98 Å². The Labute approximate surface area is 93.3 Å². The van der Waals surface area contributed by atoms with Crippen molar-refractivity contribution in [2.75, 3.05) is 7.11 Å². The first-order valence-electron chi connectivity index (χ1n) is 4.61. The lowest BCUT2D eigenvalue weighted by Crippen LogP contribution is -1.85.